The van der Waals surface area contributed by atoms with E-state index in [1.165, 1.54) is 12.1 Å². The van der Waals surface area contributed by atoms with Gasteiger partial charge in [0, 0.05) is 11.1 Å². The maximum Gasteiger partial charge on any atom is 0.128 e. The normalized spacial score (nSPS) is 13.9. The van der Waals surface area contributed by atoms with Gasteiger partial charge in [0.1, 0.15) is 11.6 Å². The van der Waals surface area contributed by atoms with Crippen molar-refractivity contribution in [3.05, 3.63) is 35.4 Å². The summed E-state index contributed by atoms with van der Waals surface area (Å²) < 4.78 is 27.5. The number of hydrogen-bond acceptors (Lipinski definition) is 2. The van der Waals surface area contributed by atoms with Gasteiger partial charge in [0.05, 0.1) is 6.04 Å². The van der Waals surface area contributed by atoms with Gasteiger partial charge in [-0.05, 0) is 52.2 Å². The Kier molecular flexibility index (Phi) is 5.44. The number of halogens is 2. The Balaban J connectivity index is 3.35. The fourth-order valence-corrected chi connectivity index (χ4v) is 3.00. The number of nitrogens with zero attached hydrogens (tertiary/aromatic N) is 1. The molecule has 1 aromatic carbocycles. The van der Waals surface area contributed by atoms with E-state index in [1.54, 1.807) is 7.05 Å². The molecule has 1 rings (SSSR count). The van der Waals surface area contributed by atoms with Crippen LogP contribution in [0.15, 0.2) is 18.2 Å². The molecule has 0 saturated heterocycles. The van der Waals surface area contributed by atoms with Crippen LogP contribution < -0.4 is 5.32 Å². The molecular formula is C15H24F2N2. The van der Waals surface area contributed by atoms with Crippen molar-refractivity contribution in [1.29, 1.82) is 0 Å². The number of nitrogens with one attached hydrogen (secondary N) is 1. The minimum absolute atomic E-state index is 0.247. The standard InChI is InChI=1S/C15H24F2N2/c1-6-15(7-2,19(4)5)14(18-3)12-10-11(16)8-9-13(12)17/h8-10,14,18H,6-7H2,1-5H3. The number of benzene rings is 1. The van der Waals surface area contributed by atoms with Gasteiger partial charge in [-0.15, -0.1) is 0 Å². The topological polar surface area (TPSA) is 15.3 Å². The first-order valence-electron chi connectivity index (χ1n) is 6.72. The number of hydrogen-bond donors (Lipinski definition) is 1. The summed E-state index contributed by atoms with van der Waals surface area (Å²) >= 11 is 0. The van der Waals surface area contributed by atoms with Crippen LogP contribution in [-0.4, -0.2) is 31.6 Å². The Labute approximate surface area is 114 Å². The van der Waals surface area contributed by atoms with Crippen molar-refractivity contribution in [2.45, 2.75) is 38.3 Å². The van der Waals surface area contributed by atoms with Crippen LogP contribution in [0.1, 0.15) is 38.3 Å². The van der Waals surface area contributed by atoms with Gasteiger partial charge >= 0.3 is 0 Å². The van der Waals surface area contributed by atoms with Gasteiger partial charge in [0.15, 0.2) is 0 Å². The minimum Gasteiger partial charge on any atom is -0.311 e. The van der Waals surface area contributed by atoms with E-state index in [1.807, 2.05) is 14.1 Å². The molecule has 0 radical (unpaired) electrons. The van der Waals surface area contributed by atoms with Crippen LogP contribution in [0, 0.1) is 11.6 Å². The molecule has 1 atom stereocenters. The van der Waals surface area contributed by atoms with Crippen molar-refractivity contribution in [1.82, 2.24) is 10.2 Å². The number of rotatable bonds is 6. The molecule has 0 bridgehead atoms. The molecule has 0 heterocycles. The third-order valence-corrected chi connectivity index (χ3v) is 4.21. The van der Waals surface area contributed by atoms with Gasteiger partial charge in [-0.25, -0.2) is 8.78 Å². The average molecular weight is 270 g/mol. The zero-order chi connectivity index (χ0) is 14.6. The fourth-order valence-electron chi connectivity index (χ4n) is 3.00. The molecular weight excluding hydrogens is 246 g/mol. The highest BCUT2D eigenvalue weighted by Crippen LogP contribution is 2.36. The largest absolute Gasteiger partial charge is 0.311 e. The van der Waals surface area contributed by atoms with E-state index in [9.17, 15) is 8.78 Å². The Bertz CT molecular complexity index is 415. The van der Waals surface area contributed by atoms with E-state index in [0.717, 1.165) is 18.9 Å². The van der Waals surface area contributed by atoms with Crippen LogP contribution in [0.3, 0.4) is 0 Å². The summed E-state index contributed by atoms with van der Waals surface area (Å²) in [7, 11) is 5.75. The van der Waals surface area contributed by atoms with E-state index in [4.69, 9.17) is 0 Å². The Morgan fingerprint density at radius 1 is 1.21 bits per heavy atom. The first-order chi connectivity index (χ1) is 8.92. The summed E-state index contributed by atoms with van der Waals surface area (Å²) in [5.74, 6) is -0.773. The molecule has 0 aromatic heterocycles. The third kappa shape index (κ3) is 2.95. The van der Waals surface area contributed by atoms with Crippen LogP contribution in [0.2, 0.25) is 0 Å². The molecule has 0 saturated carbocycles. The Morgan fingerprint density at radius 3 is 2.21 bits per heavy atom. The highest BCUT2D eigenvalue weighted by Gasteiger charge is 2.39. The maximum absolute atomic E-state index is 14.0. The SMILES string of the molecule is CCC(CC)(C(NC)c1cc(F)ccc1F)N(C)C. The predicted octanol–water partition coefficient (Wildman–Crippen LogP) is 3.35. The summed E-state index contributed by atoms with van der Waals surface area (Å²) in [6, 6.07) is 3.38. The van der Waals surface area contributed by atoms with E-state index in [-0.39, 0.29) is 17.4 Å². The van der Waals surface area contributed by atoms with Crippen LogP contribution >= 0.6 is 0 Å². The van der Waals surface area contributed by atoms with Gasteiger partial charge in [0.2, 0.25) is 0 Å². The van der Waals surface area contributed by atoms with Gasteiger partial charge in [-0.1, -0.05) is 13.8 Å². The van der Waals surface area contributed by atoms with Crippen molar-refractivity contribution >= 4 is 0 Å². The highest BCUT2D eigenvalue weighted by molar-refractivity contribution is 5.26. The molecule has 0 fully saturated rings. The molecule has 0 amide bonds. The second-order valence-corrected chi connectivity index (χ2v) is 5.09. The van der Waals surface area contributed by atoms with Crippen LogP contribution in [-0.2, 0) is 0 Å². The second-order valence-electron chi connectivity index (χ2n) is 5.09. The second kappa shape index (κ2) is 6.44. The van der Waals surface area contributed by atoms with Crippen LogP contribution in [0.4, 0.5) is 8.78 Å². The third-order valence-electron chi connectivity index (χ3n) is 4.21. The molecule has 1 N–H and O–H groups in total. The molecule has 1 aromatic rings. The zero-order valence-electron chi connectivity index (χ0n) is 12.4. The first kappa shape index (κ1) is 16.1. The molecule has 4 heteroatoms. The molecule has 19 heavy (non-hydrogen) atoms. The van der Waals surface area contributed by atoms with Crippen LogP contribution in [0.25, 0.3) is 0 Å². The monoisotopic (exact) mass is 270 g/mol. The van der Waals surface area contributed by atoms with E-state index in [0.29, 0.717) is 5.56 Å². The summed E-state index contributed by atoms with van der Waals surface area (Å²) in [6.45, 7) is 4.15. The van der Waals surface area contributed by atoms with Crippen molar-refractivity contribution in [3.8, 4) is 0 Å². The maximum atomic E-state index is 14.0. The van der Waals surface area contributed by atoms with Crippen molar-refractivity contribution in [3.63, 3.8) is 0 Å². The number of likely N-dealkylation sites (N-methyl/N-ethyl adjacent to an activating group) is 2. The fraction of sp³-hybridized carbons (Fsp3) is 0.600. The first-order valence-corrected chi connectivity index (χ1v) is 6.72. The highest BCUT2D eigenvalue weighted by atomic mass is 19.1. The lowest BCUT2D eigenvalue weighted by atomic mass is 9.79. The molecule has 108 valence electrons. The molecule has 0 aliphatic heterocycles. The van der Waals surface area contributed by atoms with Gasteiger partial charge < -0.3 is 10.2 Å². The lowest BCUT2D eigenvalue weighted by Crippen LogP contribution is -2.52. The lowest BCUT2D eigenvalue weighted by molar-refractivity contribution is 0.0900. The molecule has 0 spiro atoms. The summed E-state index contributed by atoms with van der Waals surface area (Å²) in [6.07, 6.45) is 1.69. The van der Waals surface area contributed by atoms with Crippen LogP contribution in [0.5, 0.6) is 0 Å². The lowest BCUT2D eigenvalue weighted by Gasteiger charge is -2.45. The van der Waals surface area contributed by atoms with Gasteiger partial charge in [-0.2, -0.15) is 0 Å². The van der Waals surface area contributed by atoms with E-state index >= 15 is 0 Å². The quantitative estimate of drug-likeness (QED) is 0.853. The predicted molar refractivity (Wildman–Crippen MR) is 75.2 cm³/mol. The molecule has 0 aliphatic carbocycles. The van der Waals surface area contributed by atoms with Crippen molar-refractivity contribution in [2.75, 3.05) is 21.1 Å². The molecule has 1 unspecified atom stereocenters. The summed E-state index contributed by atoms with van der Waals surface area (Å²) in [4.78, 5) is 2.10. The van der Waals surface area contributed by atoms with Gasteiger partial charge in [-0.3, -0.25) is 0 Å². The van der Waals surface area contributed by atoms with Crippen molar-refractivity contribution in [2.24, 2.45) is 0 Å². The zero-order valence-corrected chi connectivity index (χ0v) is 12.4. The summed E-state index contributed by atoms with van der Waals surface area (Å²) in [5.41, 5.74) is 0.142. The summed E-state index contributed by atoms with van der Waals surface area (Å²) in [5, 5.41) is 3.16. The van der Waals surface area contributed by atoms with Crippen molar-refractivity contribution < 1.29 is 8.78 Å². The average Bonchev–Trinajstić information content (AvgIpc) is 2.39. The smallest absolute Gasteiger partial charge is 0.128 e. The minimum atomic E-state index is -0.406. The van der Waals surface area contributed by atoms with E-state index < -0.39 is 5.82 Å². The Hall–Kier alpha value is -1.00. The molecule has 0 aliphatic rings. The Morgan fingerprint density at radius 2 is 1.79 bits per heavy atom. The van der Waals surface area contributed by atoms with Gasteiger partial charge in [0.25, 0.3) is 0 Å². The van der Waals surface area contributed by atoms with E-state index in [2.05, 4.69) is 24.1 Å². The molecule has 2 nitrogen and oxygen atoms in total.